The van der Waals surface area contributed by atoms with Crippen molar-refractivity contribution in [2.24, 2.45) is 5.92 Å². The summed E-state index contributed by atoms with van der Waals surface area (Å²) in [5.41, 5.74) is 6.52. The summed E-state index contributed by atoms with van der Waals surface area (Å²) in [5.74, 6) is -1.12. The molecule has 4 aromatic rings. The first-order chi connectivity index (χ1) is 18.2. The number of aryl methyl sites for hydroxylation is 1. The Balaban J connectivity index is 1.57. The first-order valence-electron chi connectivity index (χ1n) is 12.6. The van der Waals surface area contributed by atoms with E-state index in [1.54, 1.807) is 29.2 Å². The smallest absolute Gasteiger partial charge is 0.258 e. The molecule has 1 aromatic heterocycles. The zero-order valence-electron chi connectivity index (χ0n) is 21.4. The molecule has 3 atom stereocenters. The molecule has 3 aromatic carbocycles. The van der Waals surface area contributed by atoms with Crippen LogP contribution in [0.1, 0.15) is 53.5 Å². The Bertz CT molecular complexity index is 1610. The minimum atomic E-state index is -3.99. The summed E-state index contributed by atoms with van der Waals surface area (Å²) < 4.78 is 25.6. The topological polar surface area (TPSA) is 111 Å². The Morgan fingerprint density at radius 1 is 1.00 bits per heavy atom. The third-order valence-electron chi connectivity index (χ3n) is 7.33. The highest BCUT2D eigenvalue weighted by Crippen LogP contribution is 2.44. The molecule has 196 valence electrons. The number of benzene rings is 3. The van der Waals surface area contributed by atoms with Crippen LogP contribution in [0.4, 0.5) is 0 Å². The maximum atomic E-state index is 13.9. The fourth-order valence-corrected chi connectivity index (χ4v) is 6.17. The predicted molar refractivity (Wildman–Crippen MR) is 146 cm³/mol. The molecular formula is C29H30N4O4S. The number of aromatic nitrogens is 1. The van der Waals surface area contributed by atoms with Crippen molar-refractivity contribution in [3.8, 4) is 0 Å². The number of aromatic amines is 1. The lowest BCUT2D eigenvalue weighted by Gasteiger charge is -2.36. The number of carbonyl (C=O) groups excluding carboxylic acids is 2. The van der Waals surface area contributed by atoms with Gasteiger partial charge in [0.1, 0.15) is 6.04 Å². The van der Waals surface area contributed by atoms with Gasteiger partial charge in [-0.25, -0.2) is 8.42 Å². The summed E-state index contributed by atoms with van der Waals surface area (Å²) in [6.45, 7) is 5.80. The van der Waals surface area contributed by atoms with Crippen LogP contribution in [0.15, 0.2) is 83.8 Å². The minimum Gasteiger partial charge on any atom is -0.358 e. The van der Waals surface area contributed by atoms with E-state index < -0.39 is 28.0 Å². The van der Waals surface area contributed by atoms with Crippen LogP contribution in [-0.4, -0.2) is 36.2 Å². The number of amides is 2. The number of carbonyl (C=O) groups is 2. The van der Waals surface area contributed by atoms with Gasteiger partial charge in [-0.2, -0.15) is 0 Å². The average Bonchev–Trinajstić information content (AvgIpc) is 3.41. The normalized spacial score (nSPS) is 16.9. The second kappa shape index (κ2) is 10.1. The molecule has 2 heterocycles. The van der Waals surface area contributed by atoms with Gasteiger partial charge in [0.2, 0.25) is 0 Å². The molecule has 0 aliphatic carbocycles. The summed E-state index contributed by atoms with van der Waals surface area (Å²) >= 11 is 0. The molecule has 5 rings (SSSR count). The highest BCUT2D eigenvalue weighted by atomic mass is 32.2. The monoisotopic (exact) mass is 530 g/mol. The van der Waals surface area contributed by atoms with Gasteiger partial charge in [0.05, 0.1) is 10.9 Å². The molecule has 3 unspecified atom stereocenters. The first-order valence-corrected chi connectivity index (χ1v) is 14.1. The van der Waals surface area contributed by atoms with Crippen molar-refractivity contribution in [3.05, 3.63) is 101 Å². The molecule has 38 heavy (non-hydrogen) atoms. The van der Waals surface area contributed by atoms with Gasteiger partial charge in [-0.1, -0.05) is 74.9 Å². The van der Waals surface area contributed by atoms with Crippen LogP contribution in [0.3, 0.4) is 0 Å². The highest BCUT2D eigenvalue weighted by molar-refractivity contribution is 7.89. The van der Waals surface area contributed by atoms with Crippen LogP contribution in [0.2, 0.25) is 0 Å². The molecule has 0 spiro atoms. The average molecular weight is 531 g/mol. The van der Waals surface area contributed by atoms with Crippen molar-refractivity contribution in [2.75, 3.05) is 0 Å². The lowest BCUT2D eigenvalue weighted by Crippen LogP contribution is -2.55. The minimum absolute atomic E-state index is 0.0253. The van der Waals surface area contributed by atoms with Gasteiger partial charge in [-0.3, -0.25) is 15.0 Å². The maximum Gasteiger partial charge on any atom is 0.258 e. The largest absolute Gasteiger partial charge is 0.358 e. The fourth-order valence-electron chi connectivity index (χ4n) is 5.30. The number of H-pyrrole nitrogens is 1. The van der Waals surface area contributed by atoms with Crippen molar-refractivity contribution in [2.45, 2.75) is 44.2 Å². The number of hydrazine groups is 1. The number of nitrogens with one attached hydrogen (secondary N) is 3. The molecule has 1 aliphatic rings. The maximum absolute atomic E-state index is 13.9. The van der Waals surface area contributed by atoms with Crippen LogP contribution in [0.5, 0.6) is 0 Å². The first kappa shape index (κ1) is 25.7. The zero-order chi connectivity index (χ0) is 27.0. The fraction of sp³-hybridized carbons (Fsp3) is 0.241. The SMILES string of the molecule is CCC(C)C(C(=O)NNS(=O)(=O)c1ccccc1)N1C(=O)c2ccccc2C1c1c(C)[nH]c2ccccc12. The van der Waals surface area contributed by atoms with Crippen molar-refractivity contribution in [1.82, 2.24) is 20.1 Å². The Kier molecular flexibility index (Phi) is 6.81. The lowest BCUT2D eigenvalue weighted by atomic mass is 9.91. The summed E-state index contributed by atoms with van der Waals surface area (Å²) in [7, 11) is -3.99. The molecule has 0 saturated heterocycles. The standard InChI is InChI=1S/C29H30N4O4S/c1-4-18(2)26(28(34)31-32-38(36,37)20-12-6-5-7-13-20)33-27(21-14-8-9-15-22(21)29(33)35)25-19(3)30-24-17-11-10-16-23(24)25/h5-18,26-27,30,32H,4H2,1-3H3,(H,31,34). The zero-order valence-corrected chi connectivity index (χ0v) is 22.2. The van der Waals surface area contributed by atoms with Crippen molar-refractivity contribution in [3.63, 3.8) is 0 Å². The van der Waals surface area contributed by atoms with E-state index in [-0.39, 0.29) is 16.7 Å². The number of nitrogens with zero attached hydrogens (tertiary/aromatic N) is 1. The molecule has 0 saturated carbocycles. The van der Waals surface area contributed by atoms with Gasteiger partial charge >= 0.3 is 0 Å². The van der Waals surface area contributed by atoms with E-state index in [1.807, 2.05) is 63.2 Å². The van der Waals surface area contributed by atoms with Gasteiger partial charge in [0.15, 0.2) is 0 Å². The molecule has 0 bridgehead atoms. The van der Waals surface area contributed by atoms with Gasteiger partial charge in [0, 0.05) is 27.7 Å². The Labute approximate surface area is 222 Å². The summed E-state index contributed by atoms with van der Waals surface area (Å²) in [6.07, 6.45) is 0.600. The van der Waals surface area contributed by atoms with Crippen molar-refractivity contribution >= 4 is 32.7 Å². The van der Waals surface area contributed by atoms with Crippen LogP contribution >= 0.6 is 0 Å². The molecule has 3 N–H and O–H groups in total. The van der Waals surface area contributed by atoms with Gasteiger partial charge in [-0.05, 0) is 42.7 Å². The van der Waals surface area contributed by atoms with Crippen LogP contribution < -0.4 is 10.3 Å². The van der Waals surface area contributed by atoms with Crippen molar-refractivity contribution < 1.29 is 18.0 Å². The quantitative estimate of drug-likeness (QED) is 0.292. The van der Waals surface area contributed by atoms with E-state index in [1.165, 1.54) is 12.1 Å². The van der Waals surface area contributed by atoms with Crippen LogP contribution in [0, 0.1) is 12.8 Å². The highest BCUT2D eigenvalue weighted by Gasteiger charge is 2.46. The summed E-state index contributed by atoms with van der Waals surface area (Å²) in [4.78, 5) is 34.9. The third-order valence-corrected chi connectivity index (χ3v) is 8.59. The molecule has 9 heteroatoms. The number of hydrogen-bond donors (Lipinski definition) is 3. The van der Waals surface area contributed by atoms with Crippen LogP contribution in [-0.2, 0) is 14.8 Å². The van der Waals surface area contributed by atoms with Gasteiger partial charge in [-0.15, -0.1) is 4.83 Å². The third kappa shape index (κ3) is 4.37. The summed E-state index contributed by atoms with van der Waals surface area (Å²) in [5, 5.41) is 0.970. The molecule has 1 aliphatic heterocycles. The van der Waals surface area contributed by atoms with Gasteiger partial charge < -0.3 is 9.88 Å². The van der Waals surface area contributed by atoms with E-state index in [2.05, 4.69) is 15.2 Å². The Morgan fingerprint density at radius 2 is 1.66 bits per heavy atom. The molecule has 8 nitrogen and oxygen atoms in total. The van der Waals surface area contributed by atoms with E-state index in [9.17, 15) is 18.0 Å². The van der Waals surface area contributed by atoms with Gasteiger partial charge in [0.25, 0.3) is 21.8 Å². The molecule has 0 radical (unpaired) electrons. The second-order valence-corrected chi connectivity index (χ2v) is 11.3. The number of para-hydroxylation sites is 1. The van der Waals surface area contributed by atoms with E-state index in [0.29, 0.717) is 12.0 Å². The lowest BCUT2D eigenvalue weighted by molar-refractivity contribution is -0.128. The van der Waals surface area contributed by atoms with E-state index in [4.69, 9.17) is 0 Å². The number of sulfonamides is 1. The van der Waals surface area contributed by atoms with E-state index in [0.717, 1.165) is 27.7 Å². The molecule has 2 amide bonds. The molecular weight excluding hydrogens is 500 g/mol. The molecule has 0 fully saturated rings. The Morgan fingerprint density at radius 3 is 2.39 bits per heavy atom. The van der Waals surface area contributed by atoms with Crippen molar-refractivity contribution in [1.29, 1.82) is 0 Å². The number of fused-ring (bicyclic) bond motifs is 2. The second-order valence-electron chi connectivity index (χ2n) is 9.65. The van der Waals surface area contributed by atoms with E-state index >= 15 is 0 Å². The number of rotatable bonds is 8. The number of hydrogen-bond acceptors (Lipinski definition) is 4. The predicted octanol–water partition coefficient (Wildman–Crippen LogP) is 4.45. The van der Waals surface area contributed by atoms with Crippen LogP contribution in [0.25, 0.3) is 10.9 Å². The summed E-state index contributed by atoms with van der Waals surface area (Å²) in [6, 6.07) is 21.6. The Hall–Kier alpha value is -3.95.